The maximum absolute atomic E-state index is 12.3. The molecule has 1 heterocycles. The number of nitrogens with zero attached hydrogens (tertiary/aromatic N) is 2. The van der Waals surface area contributed by atoms with Crippen LogP contribution >= 0.6 is 11.8 Å². The van der Waals surface area contributed by atoms with Gasteiger partial charge in [-0.05, 0) is 37.5 Å². The van der Waals surface area contributed by atoms with E-state index in [1.807, 2.05) is 35.0 Å². The molecule has 0 atom stereocenters. The van der Waals surface area contributed by atoms with E-state index in [2.05, 4.69) is 22.5 Å². The predicted molar refractivity (Wildman–Crippen MR) is 117 cm³/mol. The largest absolute Gasteiger partial charge is 0.353 e. The van der Waals surface area contributed by atoms with Gasteiger partial charge in [0.2, 0.25) is 5.91 Å². The number of unbranched alkanes of at least 4 members (excludes halogenated alkanes) is 1. The smallest absolute Gasteiger partial charge is 0.251 e. The number of hydrogen-bond acceptors (Lipinski definition) is 4. The molecule has 0 radical (unpaired) electrons. The molecule has 1 saturated carbocycles. The lowest BCUT2D eigenvalue weighted by atomic mass is 9.95. The van der Waals surface area contributed by atoms with E-state index < -0.39 is 0 Å². The lowest BCUT2D eigenvalue weighted by Gasteiger charge is -2.22. The molecular weight excluding hydrogens is 384 g/mol. The number of nitrogens with one attached hydrogen (secondary N) is 2. The molecule has 1 aliphatic rings. The molecular formula is C22H30N4O2S. The van der Waals surface area contributed by atoms with Gasteiger partial charge in [0.25, 0.3) is 5.91 Å². The molecule has 0 bridgehead atoms. The number of amides is 2. The first-order valence-corrected chi connectivity index (χ1v) is 11.5. The Morgan fingerprint density at radius 3 is 2.86 bits per heavy atom. The van der Waals surface area contributed by atoms with Gasteiger partial charge >= 0.3 is 0 Å². The van der Waals surface area contributed by atoms with Crippen LogP contribution in [0.2, 0.25) is 0 Å². The van der Waals surface area contributed by atoms with Crippen molar-refractivity contribution in [3.8, 4) is 5.69 Å². The summed E-state index contributed by atoms with van der Waals surface area (Å²) in [4.78, 5) is 29.0. The summed E-state index contributed by atoms with van der Waals surface area (Å²) < 4.78 is 1.92. The third kappa shape index (κ3) is 6.35. The van der Waals surface area contributed by atoms with Gasteiger partial charge in [-0.1, -0.05) is 50.4 Å². The number of thioether (sulfide) groups is 1. The average molecular weight is 415 g/mol. The number of hydrogen-bond donors (Lipinski definition) is 2. The molecule has 1 fully saturated rings. The van der Waals surface area contributed by atoms with Gasteiger partial charge in [0, 0.05) is 36.2 Å². The van der Waals surface area contributed by atoms with Crippen molar-refractivity contribution in [2.45, 2.75) is 63.1 Å². The highest BCUT2D eigenvalue weighted by Crippen LogP contribution is 2.22. The number of rotatable bonds is 9. The van der Waals surface area contributed by atoms with Crippen LogP contribution in [0, 0.1) is 0 Å². The minimum Gasteiger partial charge on any atom is -0.353 e. The van der Waals surface area contributed by atoms with E-state index in [-0.39, 0.29) is 11.8 Å². The van der Waals surface area contributed by atoms with Crippen molar-refractivity contribution in [3.05, 3.63) is 42.2 Å². The van der Waals surface area contributed by atoms with Gasteiger partial charge in [-0.2, -0.15) is 0 Å². The van der Waals surface area contributed by atoms with Gasteiger partial charge in [0.15, 0.2) is 5.16 Å². The highest BCUT2D eigenvalue weighted by Gasteiger charge is 2.17. The number of benzene rings is 1. The minimum atomic E-state index is -0.0681. The van der Waals surface area contributed by atoms with Crippen LogP contribution in [0.5, 0.6) is 0 Å². The Labute approximate surface area is 176 Å². The summed E-state index contributed by atoms with van der Waals surface area (Å²) >= 11 is 1.42. The molecule has 6 nitrogen and oxygen atoms in total. The lowest BCUT2D eigenvalue weighted by Crippen LogP contribution is -2.37. The first-order valence-electron chi connectivity index (χ1n) is 10.5. The van der Waals surface area contributed by atoms with Crippen LogP contribution in [-0.4, -0.2) is 39.7 Å². The summed E-state index contributed by atoms with van der Waals surface area (Å²) in [5.74, 6) is 0.326. The Bertz CT molecular complexity index is 815. The lowest BCUT2D eigenvalue weighted by molar-refractivity contribution is -0.119. The van der Waals surface area contributed by atoms with Crippen LogP contribution in [-0.2, 0) is 4.79 Å². The number of imidazole rings is 1. The fraction of sp³-hybridized carbons (Fsp3) is 0.500. The minimum absolute atomic E-state index is 0.0560. The Morgan fingerprint density at radius 2 is 2.07 bits per heavy atom. The van der Waals surface area contributed by atoms with E-state index in [0.717, 1.165) is 36.5 Å². The van der Waals surface area contributed by atoms with Gasteiger partial charge < -0.3 is 10.6 Å². The molecule has 3 rings (SSSR count). The SMILES string of the molecule is CCCCNC(=O)c1cccc(-n2ccnc2SCC(=O)NC2CCCCC2)c1. The normalized spacial score (nSPS) is 14.5. The van der Waals surface area contributed by atoms with E-state index in [0.29, 0.717) is 23.9 Å². The third-order valence-electron chi connectivity index (χ3n) is 5.11. The molecule has 1 aliphatic carbocycles. The summed E-state index contributed by atoms with van der Waals surface area (Å²) in [6.45, 7) is 2.78. The molecule has 1 aromatic heterocycles. The summed E-state index contributed by atoms with van der Waals surface area (Å²) in [5.41, 5.74) is 1.49. The van der Waals surface area contributed by atoms with Crippen LogP contribution in [0.15, 0.2) is 41.8 Å². The van der Waals surface area contributed by atoms with E-state index in [1.165, 1.54) is 31.0 Å². The first-order chi connectivity index (χ1) is 14.2. The Morgan fingerprint density at radius 1 is 1.24 bits per heavy atom. The second kappa shape index (κ2) is 11.0. The zero-order valence-corrected chi connectivity index (χ0v) is 17.8. The van der Waals surface area contributed by atoms with Crippen LogP contribution in [0.4, 0.5) is 0 Å². The molecule has 0 saturated heterocycles. The molecule has 2 amide bonds. The maximum Gasteiger partial charge on any atom is 0.251 e. The zero-order valence-electron chi connectivity index (χ0n) is 17.0. The Kier molecular flexibility index (Phi) is 8.16. The standard InChI is InChI=1S/C22H30N4O2S/c1-2-3-12-23-21(28)17-8-7-11-19(15-17)26-14-13-24-22(26)29-16-20(27)25-18-9-5-4-6-10-18/h7-8,11,13-15,18H,2-6,9-10,12,16H2,1H3,(H,23,28)(H,25,27). The van der Waals surface area contributed by atoms with Crippen LogP contribution in [0.1, 0.15) is 62.2 Å². The second-order valence-electron chi connectivity index (χ2n) is 7.43. The molecule has 0 spiro atoms. The van der Waals surface area contributed by atoms with Crippen molar-refractivity contribution in [2.75, 3.05) is 12.3 Å². The summed E-state index contributed by atoms with van der Waals surface area (Å²) in [6.07, 6.45) is 11.4. The number of carbonyl (C=O) groups is 2. The maximum atomic E-state index is 12.3. The van der Waals surface area contributed by atoms with Crippen molar-refractivity contribution in [1.29, 1.82) is 0 Å². The van der Waals surface area contributed by atoms with E-state index in [4.69, 9.17) is 0 Å². The summed E-state index contributed by atoms with van der Waals surface area (Å²) in [7, 11) is 0. The van der Waals surface area contributed by atoms with Gasteiger partial charge in [-0.25, -0.2) is 4.98 Å². The topological polar surface area (TPSA) is 76.0 Å². The molecule has 7 heteroatoms. The summed E-state index contributed by atoms with van der Waals surface area (Å²) in [6, 6.07) is 7.80. The third-order valence-corrected chi connectivity index (χ3v) is 6.08. The van der Waals surface area contributed by atoms with Crippen molar-refractivity contribution >= 4 is 23.6 Å². The molecule has 2 aromatic rings. The van der Waals surface area contributed by atoms with Crippen LogP contribution in [0.25, 0.3) is 5.69 Å². The fourth-order valence-electron chi connectivity index (χ4n) is 3.52. The van der Waals surface area contributed by atoms with Gasteiger partial charge in [-0.3, -0.25) is 14.2 Å². The van der Waals surface area contributed by atoms with Crippen molar-refractivity contribution < 1.29 is 9.59 Å². The fourth-order valence-corrected chi connectivity index (χ4v) is 4.30. The average Bonchev–Trinajstić information content (AvgIpc) is 3.22. The van der Waals surface area contributed by atoms with Crippen molar-refractivity contribution in [1.82, 2.24) is 20.2 Å². The molecule has 29 heavy (non-hydrogen) atoms. The Balaban J connectivity index is 1.60. The highest BCUT2D eigenvalue weighted by atomic mass is 32.2. The Hall–Kier alpha value is -2.28. The van der Waals surface area contributed by atoms with E-state index in [1.54, 1.807) is 6.20 Å². The molecule has 156 valence electrons. The molecule has 0 aliphatic heterocycles. The van der Waals surface area contributed by atoms with Crippen molar-refractivity contribution in [2.24, 2.45) is 0 Å². The summed E-state index contributed by atoms with van der Waals surface area (Å²) in [5, 5.41) is 6.83. The van der Waals surface area contributed by atoms with Crippen molar-refractivity contribution in [3.63, 3.8) is 0 Å². The number of carbonyl (C=O) groups excluding carboxylic acids is 2. The highest BCUT2D eigenvalue weighted by molar-refractivity contribution is 7.99. The van der Waals surface area contributed by atoms with Crippen LogP contribution in [0.3, 0.4) is 0 Å². The van der Waals surface area contributed by atoms with Gasteiger partial charge in [0.05, 0.1) is 5.75 Å². The second-order valence-corrected chi connectivity index (χ2v) is 8.37. The zero-order chi connectivity index (χ0) is 20.5. The van der Waals surface area contributed by atoms with E-state index >= 15 is 0 Å². The predicted octanol–water partition coefficient (Wildman–Crippen LogP) is 3.94. The quantitative estimate of drug-likeness (QED) is 0.481. The van der Waals surface area contributed by atoms with Gasteiger partial charge in [0.1, 0.15) is 0 Å². The van der Waals surface area contributed by atoms with Gasteiger partial charge in [-0.15, -0.1) is 0 Å². The monoisotopic (exact) mass is 414 g/mol. The molecule has 1 aromatic carbocycles. The molecule has 0 unspecified atom stereocenters. The van der Waals surface area contributed by atoms with Crippen LogP contribution < -0.4 is 10.6 Å². The number of aromatic nitrogens is 2. The molecule has 2 N–H and O–H groups in total. The van der Waals surface area contributed by atoms with E-state index in [9.17, 15) is 9.59 Å². The first kappa shape index (κ1) is 21.4.